The van der Waals surface area contributed by atoms with Crippen LogP contribution in [0.5, 0.6) is 0 Å². The molecule has 3 aliphatic rings. The fourth-order valence-electron chi connectivity index (χ4n) is 6.51. The summed E-state index contributed by atoms with van der Waals surface area (Å²) in [6.07, 6.45) is 3.90. The molecule has 11 nitrogen and oxygen atoms in total. The number of benzene rings is 2. The van der Waals surface area contributed by atoms with Gasteiger partial charge in [0.05, 0.1) is 33.1 Å². The molecule has 2 fully saturated rings. The number of anilines is 1. The number of halogens is 1. The summed E-state index contributed by atoms with van der Waals surface area (Å²) in [6, 6.07) is 8.78. The molecule has 240 valence electrons. The minimum absolute atomic E-state index is 0.00519. The summed E-state index contributed by atoms with van der Waals surface area (Å²) in [5.41, 5.74) is 14.7. The second-order valence-electron chi connectivity index (χ2n) is 13.0. The highest BCUT2D eigenvalue weighted by atomic mass is 32.2. The monoisotopic (exact) mass is 637 g/mol. The standard InChI is InChI=1S/C32H40FN7O4S/c1-19-29-28(16-32(2,3)39(31(29)42)18-20-4-5-20)40(37-19)23-6-8-25(30(35)41)27(15-23)36-22-10-12-38(13-11-22)45(43,44)24-7-9-26(33)21(14-24)17-34/h6-9,14-15,20,22,36H,4-5,10-13,16-18,34H2,1-3H3,(H2,35,41). The van der Waals surface area contributed by atoms with E-state index in [-0.39, 0.29) is 47.6 Å². The first-order chi connectivity index (χ1) is 21.3. The van der Waals surface area contributed by atoms with Crippen molar-refractivity contribution >= 4 is 27.5 Å². The number of amides is 2. The van der Waals surface area contributed by atoms with Crippen molar-refractivity contribution in [3.63, 3.8) is 0 Å². The number of nitrogens with two attached hydrogens (primary N) is 2. The van der Waals surface area contributed by atoms with E-state index in [9.17, 15) is 22.4 Å². The van der Waals surface area contributed by atoms with Gasteiger partial charge in [-0.05, 0) is 88.8 Å². The largest absolute Gasteiger partial charge is 0.382 e. The molecule has 6 rings (SSSR count). The molecule has 3 heterocycles. The fraction of sp³-hybridized carbons (Fsp3) is 0.469. The van der Waals surface area contributed by atoms with Crippen molar-refractivity contribution in [2.24, 2.45) is 17.4 Å². The third-order valence-corrected chi connectivity index (χ3v) is 11.2. The number of aryl methyl sites for hydroxylation is 1. The second kappa shape index (κ2) is 11.5. The average Bonchev–Trinajstić information content (AvgIpc) is 3.76. The molecule has 45 heavy (non-hydrogen) atoms. The molecule has 2 aromatic carbocycles. The van der Waals surface area contributed by atoms with Crippen molar-refractivity contribution in [3.8, 4) is 5.69 Å². The normalized spacial score (nSPS) is 19.0. The Morgan fingerprint density at radius 2 is 1.82 bits per heavy atom. The van der Waals surface area contributed by atoms with Crippen LogP contribution in [-0.4, -0.2) is 70.4 Å². The van der Waals surface area contributed by atoms with Crippen molar-refractivity contribution in [3.05, 3.63) is 70.3 Å². The lowest BCUT2D eigenvalue weighted by molar-refractivity contribution is 0.0487. The van der Waals surface area contributed by atoms with Crippen LogP contribution in [0.4, 0.5) is 10.1 Å². The Labute approximate surface area is 262 Å². The quantitative estimate of drug-likeness (QED) is 0.325. The number of aromatic nitrogens is 2. The number of primary amides is 1. The van der Waals surface area contributed by atoms with Gasteiger partial charge in [0.2, 0.25) is 10.0 Å². The maximum atomic E-state index is 13.9. The number of carbonyl (C=O) groups is 2. The Balaban J connectivity index is 1.23. The lowest BCUT2D eigenvalue weighted by Gasteiger charge is -2.42. The van der Waals surface area contributed by atoms with Gasteiger partial charge in [-0.15, -0.1) is 0 Å². The number of hydrogen-bond donors (Lipinski definition) is 3. The number of hydrogen-bond acceptors (Lipinski definition) is 7. The van der Waals surface area contributed by atoms with Gasteiger partial charge in [-0.3, -0.25) is 9.59 Å². The van der Waals surface area contributed by atoms with Crippen molar-refractivity contribution in [1.29, 1.82) is 0 Å². The van der Waals surface area contributed by atoms with Crippen molar-refractivity contribution in [2.75, 3.05) is 25.0 Å². The third-order valence-electron chi connectivity index (χ3n) is 9.29. The van der Waals surface area contributed by atoms with Gasteiger partial charge in [-0.1, -0.05) is 0 Å². The first-order valence-electron chi connectivity index (χ1n) is 15.4. The van der Waals surface area contributed by atoms with E-state index in [2.05, 4.69) is 19.2 Å². The lowest BCUT2D eigenvalue weighted by atomic mass is 9.87. The van der Waals surface area contributed by atoms with Gasteiger partial charge in [0.1, 0.15) is 5.82 Å². The zero-order chi connectivity index (χ0) is 32.3. The predicted octanol–water partition coefficient (Wildman–Crippen LogP) is 3.33. The lowest BCUT2D eigenvalue weighted by Crippen LogP contribution is -2.53. The van der Waals surface area contributed by atoms with Gasteiger partial charge in [0.15, 0.2) is 0 Å². The van der Waals surface area contributed by atoms with Crippen LogP contribution < -0.4 is 16.8 Å². The van der Waals surface area contributed by atoms with Gasteiger partial charge in [-0.25, -0.2) is 17.5 Å². The van der Waals surface area contributed by atoms with E-state index in [1.165, 1.54) is 16.4 Å². The van der Waals surface area contributed by atoms with Crippen LogP contribution in [0.1, 0.15) is 77.2 Å². The number of carbonyl (C=O) groups excluding carboxylic acids is 2. The molecule has 2 amide bonds. The molecule has 1 aliphatic carbocycles. The zero-order valence-electron chi connectivity index (χ0n) is 25.8. The molecule has 0 spiro atoms. The number of rotatable bonds is 9. The molecule has 1 saturated carbocycles. The topological polar surface area (TPSA) is 157 Å². The first-order valence-corrected chi connectivity index (χ1v) is 16.8. The van der Waals surface area contributed by atoms with Gasteiger partial charge < -0.3 is 21.7 Å². The Morgan fingerprint density at radius 1 is 1.11 bits per heavy atom. The van der Waals surface area contributed by atoms with E-state index in [0.717, 1.165) is 31.1 Å². The summed E-state index contributed by atoms with van der Waals surface area (Å²) in [5, 5.41) is 8.20. The van der Waals surface area contributed by atoms with E-state index >= 15 is 0 Å². The van der Waals surface area contributed by atoms with Crippen molar-refractivity contribution < 1.29 is 22.4 Å². The van der Waals surface area contributed by atoms with Crippen LogP contribution in [-0.2, 0) is 23.0 Å². The summed E-state index contributed by atoms with van der Waals surface area (Å²) in [4.78, 5) is 28.1. The average molecular weight is 638 g/mol. The summed E-state index contributed by atoms with van der Waals surface area (Å²) >= 11 is 0. The molecule has 3 aromatic rings. The van der Waals surface area contributed by atoms with Gasteiger partial charge in [-0.2, -0.15) is 9.40 Å². The van der Waals surface area contributed by atoms with Crippen LogP contribution in [0.25, 0.3) is 5.69 Å². The highest BCUT2D eigenvalue weighted by Crippen LogP contribution is 2.38. The van der Waals surface area contributed by atoms with Crippen LogP contribution in [0.3, 0.4) is 0 Å². The number of fused-ring (bicyclic) bond motifs is 1. The molecule has 0 atom stereocenters. The fourth-order valence-corrected chi connectivity index (χ4v) is 8.03. The summed E-state index contributed by atoms with van der Waals surface area (Å²) in [5.74, 6) is -0.560. The number of sulfonamides is 1. The smallest absolute Gasteiger partial charge is 0.258 e. The number of nitrogens with one attached hydrogen (secondary N) is 1. The number of piperidine rings is 1. The van der Waals surface area contributed by atoms with Crippen LogP contribution in [0.15, 0.2) is 41.3 Å². The van der Waals surface area contributed by atoms with Crippen molar-refractivity contribution in [2.45, 2.75) is 75.9 Å². The van der Waals surface area contributed by atoms with E-state index in [1.807, 2.05) is 17.9 Å². The van der Waals surface area contributed by atoms with E-state index in [4.69, 9.17) is 16.6 Å². The summed E-state index contributed by atoms with van der Waals surface area (Å²) in [6.45, 7) is 7.16. The Bertz CT molecular complexity index is 1780. The molecule has 0 bridgehead atoms. The molecular formula is C32H40FN7O4S. The molecule has 1 saturated heterocycles. The molecular weight excluding hydrogens is 597 g/mol. The van der Waals surface area contributed by atoms with Gasteiger partial charge in [0.25, 0.3) is 11.8 Å². The van der Waals surface area contributed by atoms with E-state index in [0.29, 0.717) is 53.4 Å². The SMILES string of the molecule is Cc1nn(-c2ccc(C(N)=O)c(NC3CCN(S(=O)(=O)c4ccc(F)c(CN)c4)CC3)c2)c2c1C(=O)N(CC1CC1)C(C)(C)C2. The van der Waals surface area contributed by atoms with Gasteiger partial charge >= 0.3 is 0 Å². The zero-order valence-corrected chi connectivity index (χ0v) is 26.7. The Kier molecular flexibility index (Phi) is 7.99. The summed E-state index contributed by atoms with van der Waals surface area (Å²) in [7, 11) is -3.83. The highest BCUT2D eigenvalue weighted by molar-refractivity contribution is 7.89. The van der Waals surface area contributed by atoms with Crippen LogP contribution in [0.2, 0.25) is 0 Å². The number of nitrogens with zero attached hydrogens (tertiary/aromatic N) is 4. The molecule has 5 N–H and O–H groups in total. The predicted molar refractivity (Wildman–Crippen MR) is 168 cm³/mol. The molecule has 1 aromatic heterocycles. The maximum absolute atomic E-state index is 13.9. The Hall–Kier alpha value is -3.81. The highest BCUT2D eigenvalue weighted by Gasteiger charge is 2.43. The molecule has 0 radical (unpaired) electrons. The van der Waals surface area contributed by atoms with Gasteiger partial charge in [0, 0.05) is 55.4 Å². The molecule has 13 heteroatoms. The minimum atomic E-state index is -3.83. The van der Waals surface area contributed by atoms with E-state index in [1.54, 1.807) is 16.8 Å². The first kappa shape index (κ1) is 31.2. The second-order valence-corrected chi connectivity index (χ2v) is 15.0. The maximum Gasteiger partial charge on any atom is 0.258 e. The van der Waals surface area contributed by atoms with Crippen molar-refractivity contribution in [1.82, 2.24) is 19.0 Å². The third kappa shape index (κ3) is 5.84. The summed E-state index contributed by atoms with van der Waals surface area (Å²) < 4.78 is 43.7. The molecule has 2 aliphatic heterocycles. The van der Waals surface area contributed by atoms with Crippen LogP contribution >= 0.6 is 0 Å². The van der Waals surface area contributed by atoms with Crippen LogP contribution in [0, 0.1) is 18.7 Å². The Morgan fingerprint density at radius 3 is 2.47 bits per heavy atom. The molecule has 0 unspecified atom stereocenters. The minimum Gasteiger partial charge on any atom is -0.382 e. The van der Waals surface area contributed by atoms with E-state index < -0.39 is 21.7 Å².